The van der Waals surface area contributed by atoms with Crippen molar-refractivity contribution in [1.29, 1.82) is 0 Å². The van der Waals surface area contributed by atoms with Crippen molar-refractivity contribution in [3.63, 3.8) is 0 Å². The lowest BCUT2D eigenvalue weighted by Crippen LogP contribution is -2.34. The van der Waals surface area contributed by atoms with E-state index in [1.54, 1.807) is 0 Å². The topological polar surface area (TPSA) is 66.5 Å². The predicted molar refractivity (Wildman–Crippen MR) is 86.5 cm³/mol. The number of nitrogens with zero attached hydrogens (tertiary/aromatic N) is 1. The highest BCUT2D eigenvalue weighted by atomic mass is 16.2. The van der Waals surface area contributed by atoms with Crippen LogP contribution >= 0.6 is 0 Å². The van der Waals surface area contributed by atoms with Gasteiger partial charge in [0, 0.05) is 18.7 Å². The van der Waals surface area contributed by atoms with Gasteiger partial charge in [0.1, 0.15) is 0 Å². The Morgan fingerprint density at radius 2 is 1.74 bits per heavy atom. The first-order valence-electron chi connectivity index (χ1n) is 7.93. The molecule has 120 valence electrons. The molecular weight excluding hydrogens is 292 g/mol. The van der Waals surface area contributed by atoms with Gasteiger partial charge < -0.3 is 5.32 Å². The van der Waals surface area contributed by atoms with Gasteiger partial charge in [-0.15, -0.1) is 0 Å². The van der Waals surface area contributed by atoms with E-state index in [1.807, 2.05) is 43.3 Å². The van der Waals surface area contributed by atoms with Crippen molar-refractivity contribution in [2.45, 2.75) is 26.2 Å². The highest BCUT2D eigenvalue weighted by Gasteiger charge is 2.46. The molecule has 1 aromatic carbocycles. The van der Waals surface area contributed by atoms with Crippen LogP contribution in [0.15, 0.2) is 36.4 Å². The molecule has 2 aliphatic rings. The molecule has 23 heavy (non-hydrogen) atoms. The fraction of sp³-hybridized carbons (Fsp3) is 0.389. The van der Waals surface area contributed by atoms with Gasteiger partial charge in [-0.1, -0.05) is 30.4 Å². The summed E-state index contributed by atoms with van der Waals surface area (Å²) in [6.45, 7) is 2.07. The Balaban J connectivity index is 1.58. The zero-order chi connectivity index (χ0) is 16.4. The van der Waals surface area contributed by atoms with Crippen LogP contribution in [-0.2, 0) is 14.4 Å². The maximum atomic E-state index is 12.3. The second kappa shape index (κ2) is 6.36. The van der Waals surface area contributed by atoms with Gasteiger partial charge in [0.15, 0.2) is 0 Å². The summed E-state index contributed by atoms with van der Waals surface area (Å²) in [4.78, 5) is 38.0. The van der Waals surface area contributed by atoms with Gasteiger partial charge in [0.2, 0.25) is 17.7 Å². The van der Waals surface area contributed by atoms with Crippen LogP contribution in [0.5, 0.6) is 0 Å². The summed E-state index contributed by atoms with van der Waals surface area (Å²) in [6, 6.07) is 7.51. The Morgan fingerprint density at radius 3 is 2.35 bits per heavy atom. The number of fused-ring (bicyclic) bond motifs is 1. The third-order valence-electron chi connectivity index (χ3n) is 4.58. The molecule has 1 aliphatic carbocycles. The minimum Gasteiger partial charge on any atom is -0.326 e. The number of imide groups is 1. The molecule has 0 spiro atoms. The van der Waals surface area contributed by atoms with Crippen molar-refractivity contribution in [3.05, 3.63) is 42.0 Å². The number of anilines is 1. The van der Waals surface area contributed by atoms with Crippen LogP contribution in [0.4, 0.5) is 5.69 Å². The van der Waals surface area contributed by atoms with Crippen molar-refractivity contribution < 1.29 is 14.4 Å². The third-order valence-corrected chi connectivity index (χ3v) is 4.58. The summed E-state index contributed by atoms with van der Waals surface area (Å²) in [7, 11) is 0. The second-order valence-corrected chi connectivity index (χ2v) is 6.10. The second-order valence-electron chi connectivity index (χ2n) is 6.10. The molecule has 0 bridgehead atoms. The standard InChI is InChI=1S/C18H20N2O3/c1-12-6-2-5-9-15(12)19-16(21)10-11-20-17(22)13-7-3-4-8-14(13)18(20)23/h2-6,9,13-14H,7-8,10-11H2,1H3,(H,19,21)/t13-,14-/m1/s1. The van der Waals surface area contributed by atoms with Crippen LogP contribution in [0.2, 0.25) is 0 Å². The molecule has 1 fully saturated rings. The van der Waals surface area contributed by atoms with E-state index in [1.165, 1.54) is 4.90 Å². The van der Waals surface area contributed by atoms with Gasteiger partial charge >= 0.3 is 0 Å². The van der Waals surface area contributed by atoms with Crippen LogP contribution in [0.3, 0.4) is 0 Å². The van der Waals surface area contributed by atoms with Gasteiger partial charge in [0.05, 0.1) is 11.8 Å². The summed E-state index contributed by atoms with van der Waals surface area (Å²) in [5.41, 5.74) is 1.74. The number of nitrogens with one attached hydrogen (secondary N) is 1. The molecule has 2 atom stereocenters. The number of aryl methyl sites for hydroxylation is 1. The Hall–Kier alpha value is -2.43. The molecule has 0 aromatic heterocycles. The number of rotatable bonds is 4. The number of benzene rings is 1. The SMILES string of the molecule is Cc1ccccc1NC(=O)CCN1C(=O)[C@@H]2CC=CC[C@H]2C1=O. The number of carbonyl (C=O) groups excluding carboxylic acids is 3. The van der Waals surface area contributed by atoms with E-state index < -0.39 is 0 Å². The first-order chi connectivity index (χ1) is 11.1. The Morgan fingerprint density at radius 1 is 1.13 bits per heavy atom. The van der Waals surface area contributed by atoms with Gasteiger partial charge in [-0.25, -0.2) is 0 Å². The van der Waals surface area contributed by atoms with E-state index in [-0.39, 0.29) is 42.5 Å². The Bertz CT molecular complexity index is 655. The van der Waals surface area contributed by atoms with Crippen LogP contribution in [-0.4, -0.2) is 29.2 Å². The largest absolute Gasteiger partial charge is 0.326 e. The van der Waals surface area contributed by atoms with Crippen LogP contribution in [0.25, 0.3) is 0 Å². The van der Waals surface area contributed by atoms with Gasteiger partial charge in [0.25, 0.3) is 0 Å². The zero-order valence-electron chi connectivity index (χ0n) is 13.1. The molecule has 1 N–H and O–H groups in total. The van der Waals surface area contributed by atoms with Gasteiger partial charge in [-0.05, 0) is 31.4 Å². The number of likely N-dealkylation sites (tertiary alicyclic amines) is 1. The summed E-state index contributed by atoms with van der Waals surface area (Å²) in [5, 5.41) is 2.83. The van der Waals surface area contributed by atoms with Crippen molar-refractivity contribution in [1.82, 2.24) is 4.90 Å². The van der Waals surface area contributed by atoms with Gasteiger partial charge in [-0.3, -0.25) is 19.3 Å². The molecule has 1 aliphatic heterocycles. The van der Waals surface area contributed by atoms with Crippen LogP contribution in [0.1, 0.15) is 24.8 Å². The van der Waals surface area contributed by atoms with E-state index in [4.69, 9.17) is 0 Å². The summed E-state index contributed by atoms with van der Waals surface area (Å²) < 4.78 is 0. The highest BCUT2D eigenvalue weighted by Crippen LogP contribution is 2.35. The number of carbonyl (C=O) groups is 3. The number of hydrogen-bond acceptors (Lipinski definition) is 3. The van der Waals surface area contributed by atoms with E-state index in [2.05, 4.69) is 5.32 Å². The molecule has 3 amide bonds. The molecule has 3 rings (SSSR count). The lowest BCUT2D eigenvalue weighted by Gasteiger charge is -2.15. The molecule has 1 heterocycles. The first-order valence-corrected chi connectivity index (χ1v) is 7.93. The maximum absolute atomic E-state index is 12.3. The number of allylic oxidation sites excluding steroid dienone is 2. The lowest BCUT2D eigenvalue weighted by molar-refractivity contribution is -0.140. The fourth-order valence-electron chi connectivity index (χ4n) is 3.23. The molecule has 1 aromatic rings. The average Bonchev–Trinajstić information content (AvgIpc) is 2.80. The van der Waals surface area contributed by atoms with E-state index in [0.717, 1.165) is 11.3 Å². The molecule has 0 radical (unpaired) electrons. The summed E-state index contributed by atoms with van der Waals surface area (Å²) in [5.74, 6) is -0.909. The van der Waals surface area contributed by atoms with E-state index >= 15 is 0 Å². The highest BCUT2D eigenvalue weighted by molar-refractivity contribution is 6.05. The molecule has 1 saturated heterocycles. The minimum absolute atomic E-state index is 0.124. The van der Waals surface area contributed by atoms with Crippen molar-refractivity contribution >= 4 is 23.4 Å². The number of amides is 3. The minimum atomic E-state index is -0.230. The smallest absolute Gasteiger partial charge is 0.233 e. The molecule has 5 heteroatoms. The van der Waals surface area contributed by atoms with Gasteiger partial charge in [-0.2, -0.15) is 0 Å². The first kappa shape index (κ1) is 15.5. The quantitative estimate of drug-likeness (QED) is 0.685. The van der Waals surface area contributed by atoms with Crippen LogP contribution < -0.4 is 5.32 Å². The molecule has 0 unspecified atom stereocenters. The summed E-state index contributed by atoms with van der Waals surface area (Å²) >= 11 is 0. The fourth-order valence-corrected chi connectivity index (χ4v) is 3.23. The van der Waals surface area contributed by atoms with Crippen molar-refractivity contribution in [3.8, 4) is 0 Å². The van der Waals surface area contributed by atoms with Crippen LogP contribution in [0, 0.1) is 18.8 Å². The predicted octanol–water partition coefficient (Wildman–Crippen LogP) is 2.27. The Kier molecular flexibility index (Phi) is 4.28. The average molecular weight is 312 g/mol. The molecule has 5 nitrogen and oxygen atoms in total. The zero-order valence-corrected chi connectivity index (χ0v) is 13.1. The van der Waals surface area contributed by atoms with Crippen molar-refractivity contribution in [2.24, 2.45) is 11.8 Å². The van der Waals surface area contributed by atoms with E-state index in [9.17, 15) is 14.4 Å². The third kappa shape index (κ3) is 3.04. The van der Waals surface area contributed by atoms with Crippen molar-refractivity contribution in [2.75, 3.05) is 11.9 Å². The number of hydrogen-bond donors (Lipinski definition) is 1. The molecule has 0 saturated carbocycles. The number of para-hydroxylation sites is 1. The monoisotopic (exact) mass is 312 g/mol. The molecular formula is C18H20N2O3. The maximum Gasteiger partial charge on any atom is 0.233 e. The van der Waals surface area contributed by atoms with E-state index in [0.29, 0.717) is 12.8 Å². The normalized spacial score (nSPS) is 23.1. The lowest BCUT2D eigenvalue weighted by atomic mass is 9.85. The Labute approximate surface area is 135 Å². The summed E-state index contributed by atoms with van der Waals surface area (Å²) in [6.07, 6.45) is 5.29.